The molecule has 0 saturated carbocycles. The second-order valence-electron chi connectivity index (χ2n) is 13.7. The summed E-state index contributed by atoms with van der Waals surface area (Å²) in [5.41, 5.74) is 15.2. The van der Waals surface area contributed by atoms with Crippen molar-refractivity contribution < 1.29 is 58.4 Å². The number of nitrogens with one attached hydrogen (secondary N) is 4. The normalized spacial score (nSPS) is 21.6. The number of hydrogen-bond donors (Lipinski definition) is 10. The van der Waals surface area contributed by atoms with Crippen LogP contribution in [0.15, 0.2) is 33.9 Å². The van der Waals surface area contributed by atoms with Gasteiger partial charge in [-0.15, -0.1) is 32.9 Å². The predicted octanol–water partition coefficient (Wildman–Crippen LogP) is -3.36. The van der Waals surface area contributed by atoms with E-state index >= 15 is 0 Å². The minimum Gasteiger partial charge on any atom is -0.478 e. The highest BCUT2D eigenvalue weighted by molar-refractivity contribution is 8.00. The smallest absolute Gasteiger partial charge is 0.352 e. The molecular weight excluding hydrogens is 841 g/mol. The third kappa shape index (κ3) is 8.20. The van der Waals surface area contributed by atoms with E-state index in [1.807, 2.05) is 0 Å². The quantitative estimate of drug-likeness (QED) is 0.0341. The standard InChI is InChI=1S/C31H38N14O11S3/c1-31(2,28(53)54)56-40-14(20-39-29(34)59-41-20)21(46)38-16-23(48)44-17(26(49)50)11(9-57-25(16)44)6-36-15-22(47)45-18(27(51)52)12(10-58-24(15)45)7-43-8-13(19(33)42(43)3)37-30(55)35-5-4-32/h8,15-16,24-25,33,36H,4-7,9-10,32H2,1-3H3,(H8,34,35,37,38,39,41,46,49,50,51,52,53,54,55)/p+1/b40-14-/t15-,16-,24-,25-/m1/s1. The van der Waals surface area contributed by atoms with E-state index in [1.165, 1.54) is 41.4 Å². The fraction of sp³-hybridized carbons (Fsp3) is 0.452. The van der Waals surface area contributed by atoms with E-state index in [2.05, 4.69) is 35.8 Å². The summed E-state index contributed by atoms with van der Waals surface area (Å²) in [6, 6.07) is -2.64. The average Bonchev–Trinajstić information content (AvgIpc) is 3.72. The fourth-order valence-electron chi connectivity index (χ4n) is 6.25. The summed E-state index contributed by atoms with van der Waals surface area (Å²) >= 11 is 3.18. The summed E-state index contributed by atoms with van der Waals surface area (Å²) in [4.78, 5) is 100. The highest BCUT2D eigenvalue weighted by atomic mass is 32.2. The maximum atomic E-state index is 13.5. The molecule has 2 aromatic heterocycles. The molecule has 0 bridgehead atoms. The molecule has 4 aliphatic rings. The van der Waals surface area contributed by atoms with Gasteiger partial charge in [0.25, 0.3) is 11.8 Å². The van der Waals surface area contributed by atoms with Gasteiger partial charge in [-0.3, -0.25) is 34.8 Å². The maximum Gasteiger partial charge on any atom is 0.352 e. The van der Waals surface area contributed by atoms with Crippen LogP contribution in [0.5, 0.6) is 0 Å². The number of carbonyl (C=O) groups is 7. The highest BCUT2D eigenvalue weighted by Crippen LogP contribution is 2.42. The Bertz CT molecular complexity index is 2240. The molecule has 0 aromatic carbocycles. The fourth-order valence-corrected chi connectivity index (χ4v) is 9.39. The number of nitrogens with two attached hydrogens (primary N) is 3. The Morgan fingerprint density at radius 1 is 1.00 bits per heavy atom. The van der Waals surface area contributed by atoms with Gasteiger partial charge in [-0.25, -0.2) is 19.2 Å². The van der Waals surface area contributed by atoms with E-state index in [0.717, 1.165) is 28.2 Å². The molecule has 0 aliphatic carbocycles. The summed E-state index contributed by atoms with van der Waals surface area (Å²) < 4.78 is 7.03. The molecular formula is C31H39N14O11S3+. The summed E-state index contributed by atoms with van der Waals surface area (Å²) in [5.74, 6) is -6.29. The van der Waals surface area contributed by atoms with E-state index in [0.29, 0.717) is 5.57 Å². The number of carboxylic acids is 3. The summed E-state index contributed by atoms with van der Waals surface area (Å²) in [5, 5.41) is 42.6. The number of anilines is 3. The van der Waals surface area contributed by atoms with Gasteiger partial charge in [-0.2, -0.15) is 9.36 Å². The molecule has 59 heavy (non-hydrogen) atoms. The first-order valence-electron chi connectivity index (χ1n) is 17.4. The van der Waals surface area contributed by atoms with Gasteiger partial charge < -0.3 is 48.0 Å². The van der Waals surface area contributed by atoms with Crippen molar-refractivity contribution in [1.29, 1.82) is 0 Å². The molecule has 28 heteroatoms. The number of fused-ring (bicyclic) bond motifs is 2. The molecule has 2 aromatic rings. The predicted molar refractivity (Wildman–Crippen MR) is 209 cm³/mol. The largest absolute Gasteiger partial charge is 0.478 e. The number of nitrogens with zero attached hydrogens (tertiary/aromatic N) is 7. The van der Waals surface area contributed by atoms with Crippen molar-refractivity contribution in [3.8, 4) is 0 Å². The van der Waals surface area contributed by atoms with Crippen LogP contribution in [0.4, 0.5) is 21.4 Å². The minimum atomic E-state index is -1.86. The second-order valence-corrected chi connectivity index (χ2v) is 16.7. The Morgan fingerprint density at radius 2 is 1.61 bits per heavy atom. The molecule has 25 nitrogen and oxygen atoms in total. The van der Waals surface area contributed by atoms with E-state index in [9.17, 15) is 48.9 Å². The first kappa shape index (κ1) is 42.6. The number of thioether (sulfide) groups is 2. The third-order valence-electron chi connectivity index (χ3n) is 9.39. The number of carboxylic acid groups (broad SMARTS) is 3. The zero-order chi connectivity index (χ0) is 43.1. The molecule has 5 amide bonds. The number of β-lactam (4-membered cyclic amide) rings is 2. The van der Waals surface area contributed by atoms with Crippen LogP contribution >= 0.6 is 35.1 Å². The number of oxime groups is 1. The van der Waals surface area contributed by atoms with Crippen molar-refractivity contribution in [2.45, 2.75) is 48.8 Å². The van der Waals surface area contributed by atoms with Crippen LogP contribution in [0.3, 0.4) is 0 Å². The van der Waals surface area contributed by atoms with Crippen molar-refractivity contribution in [3.63, 3.8) is 0 Å². The lowest BCUT2D eigenvalue weighted by Gasteiger charge is -2.51. The minimum absolute atomic E-state index is 0.0236. The van der Waals surface area contributed by atoms with Crippen molar-refractivity contribution in [3.05, 3.63) is 34.6 Å². The van der Waals surface area contributed by atoms with Crippen LogP contribution in [0.2, 0.25) is 0 Å². The molecule has 4 aliphatic heterocycles. The van der Waals surface area contributed by atoms with Crippen LogP contribution in [0, 0.1) is 0 Å². The van der Waals surface area contributed by atoms with Gasteiger partial charge in [0.2, 0.25) is 29.2 Å². The van der Waals surface area contributed by atoms with Gasteiger partial charge >= 0.3 is 23.9 Å². The lowest BCUT2D eigenvalue weighted by atomic mass is 10.0. The van der Waals surface area contributed by atoms with Gasteiger partial charge in [-0.05, 0) is 19.4 Å². The average molecular weight is 880 g/mol. The molecule has 0 radical (unpaired) electrons. The zero-order valence-corrected chi connectivity index (χ0v) is 33.8. The van der Waals surface area contributed by atoms with Crippen molar-refractivity contribution in [1.82, 2.24) is 39.8 Å². The number of urea groups is 1. The number of nitrogen functional groups attached to an aromatic ring is 2. The lowest BCUT2D eigenvalue weighted by Crippen LogP contribution is -2.72. The summed E-state index contributed by atoms with van der Waals surface area (Å²) in [6.45, 7) is 2.73. The zero-order valence-electron chi connectivity index (χ0n) is 31.3. The van der Waals surface area contributed by atoms with E-state index in [1.54, 1.807) is 11.7 Å². The molecule has 6 heterocycles. The SMILES string of the molecule is Cn1c(N)c(NC(=O)NCCN)c[n+]1CC1=C(C(=O)O)N2C(=O)[C@@H](NCC3=C(C(=O)O)N4C(=O)[C@@H](NC(=O)/C(=N\OC(C)(C)C(=O)O)c5nsc(N)n5)[C@H]4SC3)[C@H]2SC1. The molecule has 316 valence electrons. The van der Waals surface area contributed by atoms with Crippen LogP contribution in [-0.4, -0.2) is 146 Å². The van der Waals surface area contributed by atoms with Gasteiger partial charge in [0.15, 0.2) is 23.2 Å². The second kappa shape index (κ2) is 16.7. The van der Waals surface area contributed by atoms with Gasteiger partial charge in [0.05, 0.1) is 7.05 Å². The van der Waals surface area contributed by atoms with Crippen molar-refractivity contribution in [2.24, 2.45) is 17.9 Å². The number of aliphatic carboxylic acids is 3. The lowest BCUT2D eigenvalue weighted by molar-refractivity contribution is -0.765. The van der Waals surface area contributed by atoms with Crippen molar-refractivity contribution >= 4 is 99.1 Å². The van der Waals surface area contributed by atoms with Gasteiger partial charge in [0, 0.05) is 48.2 Å². The van der Waals surface area contributed by atoms with E-state index in [4.69, 9.17) is 22.0 Å². The summed E-state index contributed by atoms with van der Waals surface area (Å²) in [7, 11) is 1.62. The Hall–Kier alpha value is -5.97. The highest BCUT2D eigenvalue weighted by Gasteiger charge is 2.56. The Morgan fingerprint density at radius 3 is 2.20 bits per heavy atom. The first-order chi connectivity index (χ1) is 27.9. The van der Waals surface area contributed by atoms with Gasteiger partial charge in [0.1, 0.15) is 34.2 Å². The number of hydrogen-bond acceptors (Lipinski definition) is 18. The first-order valence-corrected chi connectivity index (χ1v) is 20.3. The van der Waals surface area contributed by atoms with Crippen LogP contribution in [0.1, 0.15) is 19.7 Å². The Labute approximate surface area is 345 Å². The number of amides is 5. The topological polar surface area (TPSA) is 369 Å². The van der Waals surface area contributed by atoms with Crippen LogP contribution in [-0.2, 0) is 47.2 Å². The van der Waals surface area contributed by atoms with Gasteiger partial charge in [-0.1, -0.05) is 5.16 Å². The molecule has 6 rings (SSSR count). The monoisotopic (exact) mass is 879 g/mol. The molecule has 13 N–H and O–H groups in total. The molecule has 0 spiro atoms. The molecule has 2 fully saturated rings. The maximum absolute atomic E-state index is 13.5. The number of rotatable bonds is 16. The van der Waals surface area contributed by atoms with Crippen LogP contribution < -0.4 is 43.1 Å². The van der Waals surface area contributed by atoms with E-state index in [-0.39, 0.29) is 77.1 Å². The molecule has 2 saturated heterocycles. The number of carbonyl (C=O) groups excluding carboxylic acids is 4. The number of aromatic nitrogens is 4. The molecule has 0 unspecified atom stereocenters. The van der Waals surface area contributed by atoms with E-state index < -0.39 is 75.8 Å². The summed E-state index contributed by atoms with van der Waals surface area (Å²) in [6.07, 6.45) is 1.53. The van der Waals surface area contributed by atoms with Crippen molar-refractivity contribution in [2.75, 3.05) is 47.9 Å². The van der Waals surface area contributed by atoms with Crippen LogP contribution in [0.25, 0.3) is 0 Å². The molecule has 4 atom stereocenters. The Balaban J connectivity index is 1.12. The third-order valence-corrected chi connectivity index (χ3v) is 12.6. The Kier molecular flexibility index (Phi) is 12.1.